The van der Waals surface area contributed by atoms with Crippen molar-refractivity contribution in [3.8, 4) is 5.75 Å². The van der Waals surface area contributed by atoms with Gasteiger partial charge in [0, 0.05) is 18.0 Å². The largest absolute Gasteiger partial charge is 0.481 e. The maximum Gasteiger partial charge on any atom is 0.265 e. The van der Waals surface area contributed by atoms with E-state index in [-0.39, 0.29) is 24.1 Å². The van der Waals surface area contributed by atoms with E-state index in [1.54, 1.807) is 25.7 Å². The molecule has 0 spiro atoms. The minimum absolute atomic E-state index is 0.0538. The molecule has 1 N–H and O–H groups in total. The molecular formula is C16H21FN2O3. The number of anilines is 2. The molecule has 1 aliphatic heterocycles. The van der Waals surface area contributed by atoms with E-state index in [4.69, 9.17) is 4.74 Å². The van der Waals surface area contributed by atoms with Gasteiger partial charge in [-0.3, -0.25) is 9.59 Å². The Labute approximate surface area is 129 Å². The van der Waals surface area contributed by atoms with Crippen molar-refractivity contribution in [3.05, 3.63) is 17.9 Å². The van der Waals surface area contributed by atoms with Crippen molar-refractivity contribution in [3.63, 3.8) is 0 Å². The van der Waals surface area contributed by atoms with Crippen LogP contribution in [0.25, 0.3) is 0 Å². The number of fused-ring (bicyclic) bond motifs is 1. The van der Waals surface area contributed by atoms with Gasteiger partial charge in [0.25, 0.3) is 5.91 Å². The second kappa shape index (κ2) is 5.94. The van der Waals surface area contributed by atoms with Gasteiger partial charge in [0.15, 0.2) is 12.4 Å². The zero-order chi connectivity index (χ0) is 16.5. The number of carbonyl (C=O) groups excluding carboxylic acids is 2. The van der Waals surface area contributed by atoms with Gasteiger partial charge in [-0.05, 0) is 12.5 Å². The second-order valence-corrected chi connectivity index (χ2v) is 6.34. The van der Waals surface area contributed by atoms with E-state index >= 15 is 0 Å². The zero-order valence-electron chi connectivity index (χ0n) is 13.3. The van der Waals surface area contributed by atoms with Crippen LogP contribution in [0.5, 0.6) is 5.75 Å². The Morgan fingerprint density at radius 2 is 2.09 bits per heavy atom. The molecule has 1 heterocycles. The van der Waals surface area contributed by atoms with Crippen LogP contribution in [0.1, 0.15) is 34.1 Å². The lowest BCUT2D eigenvalue weighted by atomic mass is 9.95. The van der Waals surface area contributed by atoms with E-state index < -0.39 is 11.2 Å². The highest BCUT2D eigenvalue weighted by Crippen LogP contribution is 2.37. The predicted octanol–water partition coefficient (Wildman–Crippen LogP) is 2.95. The normalized spacial score (nSPS) is 14.4. The van der Waals surface area contributed by atoms with E-state index in [0.717, 1.165) is 6.42 Å². The fraction of sp³-hybridized carbons (Fsp3) is 0.500. The van der Waals surface area contributed by atoms with Gasteiger partial charge < -0.3 is 15.0 Å². The Hall–Kier alpha value is -2.11. The molecule has 0 atom stereocenters. The number of nitrogens with one attached hydrogen (secondary N) is 1. The summed E-state index contributed by atoms with van der Waals surface area (Å²) in [6.07, 6.45) is 0.770. The Morgan fingerprint density at radius 1 is 1.41 bits per heavy atom. The first-order valence-corrected chi connectivity index (χ1v) is 7.32. The molecule has 0 saturated heterocycles. The fourth-order valence-electron chi connectivity index (χ4n) is 2.10. The minimum atomic E-state index is -0.641. The van der Waals surface area contributed by atoms with Crippen molar-refractivity contribution in [2.24, 2.45) is 5.41 Å². The Kier molecular flexibility index (Phi) is 4.39. The maximum atomic E-state index is 14.1. The number of ether oxygens (including phenoxy) is 1. The highest BCUT2D eigenvalue weighted by Gasteiger charge is 2.28. The molecule has 1 aromatic carbocycles. The van der Waals surface area contributed by atoms with E-state index in [0.29, 0.717) is 18.0 Å². The van der Waals surface area contributed by atoms with Crippen molar-refractivity contribution in [2.75, 3.05) is 23.4 Å². The van der Waals surface area contributed by atoms with Crippen LogP contribution >= 0.6 is 0 Å². The summed E-state index contributed by atoms with van der Waals surface area (Å²) in [7, 11) is 0. The van der Waals surface area contributed by atoms with Crippen LogP contribution in [0, 0.1) is 11.2 Å². The van der Waals surface area contributed by atoms with Crippen LogP contribution in [0.2, 0.25) is 0 Å². The average molecular weight is 308 g/mol. The summed E-state index contributed by atoms with van der Waals surface area (Å²) in [5.41, 5.74) is -0.0978. The molecule has 0 aromatic heterocycles. The van der Waals surface area contributed by atoms with Gasteiger partial charge in [0.05, 0.1) is 11.4 Å². The van der Waals surface area contributed by atoms with Crippen molar-refractivity contribution in [1.82, 2.24) is 0 Å². The summed E-state index contributed by atoms with van der Waals surface area (Å²) in [5, 5.41) is 2.57. The van der Waals surface area contributed by atoms with Crippen molar-refractivity contribution >= 4 is 23.2 Å². The maximum absolute atomic E-state index is 14.1. The Balaban J connectivity index is 2.38. The van der Waals surface area contributed by atoms with E-state index in [9.17, 15) is 14.0 Å². The summed E-state index contributed by atoms with van der Waals surface area (Å²) < 4.78 is 19.4. The molecule has 0 radical (unpaired) electrons. The molecular weight excluding hydrogens is 287 g/mol. The third kappa shape index (κ3) is 3.21. The third-order valence-electron chi connectivity index (χ3n) is 3.37. The van der Waals surface area contributed by atoms with Crippen LogP contribution in [0.3, 0.4) is 0 Å². The smallest absolute Gasteiger partial charge is 0.265 e. The highest BCUT2D eigenvalue weighted by atomic mass is 19.1. The van der Waals surface area contributed by atoms with Gasteiger partial charge in [-0.25, -0.2) is 4.39 Å². The number of amides is 2. The lowest BCUT2D eigenvalue weighted by Crippen LogP contribution is -2.39. The lowest BCUT2D eigenvalue weighted by molar-refractivity contribution is -0.123. The van der Waals surface area contributed by atoms with Gasteiger partial charge in [0.2, 0.25) is 5.91 Å². The quantitative estimate of drug-likeness (QED) is 0.934. The summed E-state index contributed by atoms with van der Waals surface area (Å²) in [6.45, 7) is 7.61. The summed E-state index contributed by atoms with van der Waals surface area (Å²) >= 11 is 0. The molecule has 0 unspecified atom stereocenters. The topological polar surface area (TPSA) is 58.6 Å². The van der Waals surface area contributed by atoms with Crippen LogP contribution in [-0.2, 0) is 9.59 Å². The van der Waals surface area contributed by atoms with Gasteiger partial charge >= 0.3 is 0 Å². The van der Waals surface area contributed by atoms with Gasteiger partial charge in [-0.2, -0.15) is 0 Å². The molecule has 120 valence electrons. The van der Waals surface area contributed by atoms with Crippen LogP contribution < -0.4 is 15.0 Å². The summed E-state index contributed by atoms with van der Waals surface area (Å²) in [4.78, 5) is 25.5. The van der Waals surface area contributed by atoms with E-state index in [2.05, 4.69) is 5.32 Å². The Morgan fingerprint density at radius 3 is 2.68 bits per heavy atom. The Bertz CT molecular complexity index is 608. The molecule has 1 aromatic rings. The zero-order valence-corrected chi connectivity index (χ0v) is 13.3. The molecule has 0 fully saturated rings. The standard InChI is InChI=1S/C16H21FN2O3/c1-5-6-19-12-8-11(18-15(21)16(2,3)4)10(17)7-13(12)22-9-14(19)20/h7-8H,5-6,9H2,1-4H3,(H,18,21). The minimum Gasteiger partial charge on any atom is -0.481 e. The first-order chi connectivity index (χ1) is 10.2. The summed E-state index contributed by atoms with van der Waals surface area (Å²) in [6, 6.07) is 2.67. The third-order valence-corrected chi connectivity index (χ3v) is 3.37. The van der Waals surface area contributed by atoms with Crippen LogP contribution in [-0.4, -0.2) is 25.0 Å². The predicted molar refractivity (Wildman–Crippen MR) is 82.6 cm³/mol. The molecule has 2 amide bonds. The summed E-state index contributed by atoms with van der Waals surface area (Å²) in [5.74, 6) is -0.730. The molecule has 0 bridgehead atoms. The SMILES string of the molecule is CCCN1C(=O)COc2cc(F)c(NC(=O)C(C)(C)C)cc21. The number of benzene rings is 1. The molecule has 1 aliphatic rings. The number of carbonyl (C=O) groups is 2. The number of rotatable bonds is 3. The van der Waals surface area contributed by atoms with Crippen LogP contribution in [0.15, 0.2) is 12.1 Å². The van der Waals surface area contributed by atoms with E-state index in [1.165, 1.54) is 12.1 Å². The average Bonchev–Trinajstić information content (AvgIpc) is 2.42. The first-order valence-electron chi connectivity index (χ1n) is 7.32. The monoisotopic (exact) mass is 308 g/mol. The van der Waals surface area contributed by atoms with Crippen molar-refractivity contribution in [2.45, 2.75) is 34.1 Å². The molecule has 5 nitrogen and oxygen atoms in total. The molecule has 22 heavy (non-hydrogen) atoms. The van der Waals surface area contributed by atoms with Gasteiger partial charge in [-0.15, -0.1) is 0 Å². The number of halogens is 1. The fourth-order valence-corrected chi connectivity index (χ4v) is 2.10. The number of hydrogen-bond donors (Lipinski definition) is 1. The van der Waals surface area contributed by atoms with Crippen LogP contribution in [0.4, 0.5) is 15.8 Å². The number of hydrogen-bond acceptors (Lipinski definition) is 3. The van der Waals surface area contributed by atoms with Crippen molar-refractivity contribution < 1.29 is 18.7 Å². The van der Waals surface area contributed by atoms with Gasteiger partial charge in [-0.1, -0.05) is 27.7 Å². The van der Waals surface area contributed by atoms with Crippen molar-refractivity contribution in [1.29, 1.82) is 0 Å². The number of nitrogens with zero attached hydrogens (tertiary/aromatic N) is 1. The lowest BCUT2D eigenvalue weighted by Gasteiger charge is -2.30. The first kappa shape index (κ1) is 16.3. The second-order valence-electron chi connectivity index (χ2n) is 6.34. The van der Waals surface area contributed by atoms with E-state index in [1.807, 2.05) is 6.92 Å². The molecule has 0 aliphatic carbocycles. The highest BCUT2D eigenvalue weighted by molar-refractivity contribution is 6.00. The molecule has 0 saturated carbocycles. The van der Waals surface area contributed by atoms with Gasteiger partial charge in [0.1, 0.15) is 5.75 Å². The molecule has 2 rings (SSSR count). The molecule has 6 heteroatoms.